The van der Waals surface area contributed by atoms with Gasteiger partial charge < -0.3 is 80.0 Å². The molecule has 1 aromatic carbocycles. The van der Waals surface area contributed by atoms with Gasteiger partial charge in [0.25, 0.3) is 0 Å². The Kier molecular flexibility index (Phi) is 24.9. The van der Waals surface area contributed by atoms with Crippen molar-refractivity contribution in [1.82, 2.24) is 37.2 Å². The summed E-state index contributed by atoms with van der Waals surface area (Å²) in [4.78, 5) is 152. The van der Waals surface area contributed by atoms with Crippen molar-refractivity contribution >= 4 is 83.7 Å². The highest BCUT2D eigenvalue weighted by Crippen LogP contribution is 2.13. The zero-order chi connectivity index (χ0) is 51.1. The minimum atomic E-state index is -2.03. The number of phenolic OH excluding ortho intramolecular Hbond substituents is 1. The van der Waals surface area contributed by atoms with E-state index >= 15 is 0 Å². The van der Waals surface area contributed by atoms with Crippen molar-refractivity contribution in [3.8, 4) is 5.75 Å². The molecule has 67 heavy (non-hydrogen) atoms. The molecule has 0 aliphatic rings. The Morgan fingerprint density at radius 1 is 0.582 bits per heavy atom. The van der Waals surface area contributed by atoms with Crippen LogP contribution in [0.25, 0.3) is 0 Å². The number of carbonyl (C=O) groups excluding carboxylic acids is 9. The Balaban J connectivity index is 3.36. The fourth-order valence-electron chi connectivity index (χ4n) is 5.83. The quantitative estimate of drug-likeness (QED) is 0.0308. The topological polar surface area (TPSA) is 468 Å². The van der Waals surface area contributed by atoms with Crippen LogP contribution >= 0.6 is 12.6 Å². The highest BCUT2D eigenvalue weighted by molar-refractivity contribution is 7.80. The Bertz CT molecular complexity index is 1970. The van der Waals surface area contributed by atoms with E-state index in [4.69, 9.17) is 22.3 Å². The second kappa shape index (κ2) is 28.8. The highest BCUT2D eigenvalue weighted by atomic mass is 32.1. The van der Waals surface area contributed by atoms with Crippen molar-refractivity contribution < 1.29 is 83.1 Å². The molecule has 18 N–H and O–H groups in total. The molecular formula is C39H58N10O17S. The number of benzene rings is 1. The SMILES string of the molecule is CC[C@H](C)[C@H](NC(=O)[C@@H](N)Cc1ccc(O)cc1)C(=O)N[C@@H](CS)C(=O)N[C@@H](CCC(=O)O)C(=O)N[C@@H](CC(N)=O)C(=O)N[C@@H](CCC(N)=O)C(=O)N[C@@H](CC(=O)O)C(=O)N[C@@H](CO)C(=O)O. The molecule has 372 valence electrons. The molecule has 0 radical (unpaired) electrons. The first-order valence-electron chi connectivity index (χ1n) is 20.4. The third-order valence-corrected chi connectivity index (χ3v) is 10.1. The van der Waals surface area contributed by atoms with Crippen molar-refractivity contribution in [1.29, 1.82) is 0 Å². The van der Waals surface area contributed by atoms with E-state index in [9.17, 15) is 78.0 Å². The van der Waals surface area contributed by atoms with E-state index in [1.54, 1.807) is 26.0 Å². The number of aliphatic hydroxyl groups is 1. The van der Waals surface area contributed by atoms with Crippen LogP contribution in [0.3, 0.4) is 0 Å². The van der Waals surface area contributed by atoms with Crippen LogP contribution in [0.2, 0.25) is 0 Å². The largest absolute Gasteiger partial charge is 0.508 e. The maximum absolute atomic E-state index is 13.7. The molecular weight excluding hydrogens is 913 g/mol. The molecule has 0 bridgehead atoms. The molecule has 0 aliphatic carbocycles. The fourth-order valence-corrected chi connectivity index (χ4v) is 6.09. The number of aliphatic carboxylic acids is 3. The number of primary amides is 2. The average Bonchev–Trinajstić information content (AvgIpc) is 3.25. The molecule has 0 saturated heterocycles. The summed E-state index contributed by atoms with van der Waals surface area (Å²) in [6.07, 6.45) is -4.43. The van der Waals surface area contributed by atoms with E-state index in [-0.39, 0.29) is 12.2 Å². The van der Waals surface area contributed by atoms with Crippen molar-refractivity contribution in [3.05, 3.63) is 29.8 Å². The summed E-state index contributed by atoms with van der Waals surface area (Å²) in [5, 5.41) is 61.9. The van der Waals surface area contributed by atoms with Crippen LogP contribution < -0.4 is 54.4 Å². The number of amides is 9. The number of phenols is 1. The highest BCUT2D eigenvalue weighted by Gasteiger charge is 2.36. The van der Waals surface area contributed by atoms with Crippen LogP contribution in [0.15, 0.2) is 24.3 Å². The standard InChI is InChI=1S/C39H58N10O17S/c1-3-17(2)31(49-32(58)20(40)12-18-4-6-19(51)7-5-18)38(64)48-26(16-67)37(63)44-22(9-11-29(54)55)34(60)45-23(13-28(42)53)35(61)43-21(8-10-27(41)52)33(59)46-24(14-30(56)57)36(62)47-25(15-50)39(65)66/h4-7,17,20-26,31,50-51,67H,3,8-16,40H2,1-2H3,(H2,41,52)(H2,42,53)(H,43,61)(H,44,63)(H,45,60)(H,46,59)(H,47,62)(H,48,64)(H,49,58)(H,54,55)(H,56,57)(H,65,66)/t17-,20-,21-,22-,23-,24-,25-,26-,31-/m0/s1. The van der Waals surface area contributed by atoms with Crippen molar-refractivity contribution in [2.75, 3.05) is 12.4 Å². The summed E-state index contributed by atoms with van der Waals surface area (Å²) >= 11 is 4.12. The van der Waals surface area contributed by atoms with Gasteiger partial charge in [-0.1, -0.05) is 32.4 Å². The molecule has 1 aromatic rings. The minimum absolute atomic E-state index is 0.00550. The second-order valence-electron chi connectivity index (χ2n) is 15.1. The Hall–Kier alpha value is -7.07. The van der Waals surface area contributed by atoms with Gasteiger partial charge in [0.15, 0.2) is 0 Å². The Labute approximate surface area is 387 Å². The molecule has 27 nitrogen and oxygen atoms in total. The summed E-state index contributed by atoms with van der Waals surface area (Å²) in [5.74, 6) is -16.1. The fraction of sp³-hybridized carbons (Fsp3) is 0.538. The number of rotatable bonds is 31. The maximum atomic E-state index is 13.7. The van der Waals surface area contributed by atoms with Gasteiger partial charge in [0.2, 0.25) is 53.2 Å². The average molecular weight is 971 g/mol. The van der Waals surface area contributed by atoms with Gasteiger partial charge in [0.1, 0.15) is 48.0 Å². The van der Waals surface area contributed by atoms with Crippen molar-refractivity contribution in [2.45, 2.75) is 114 Å². The first-order chi connectivity index (χ1) is 31.3. The second-order valence-corrected chi connectivity index (χ2v) is 15.5. The van der Waals surface area contributed by atoms with Crippen molar-refractivity contribution in [3.63, 3.8) is 0 Å². The lowest BCUT2D eigenvalue weighted by molar-refractivity contribution is -0.144. The molecule has 0 unspecified atom stereocenters. The van der Waals surface area contributed by atoms with Gasteiger partial charge in [0.05, 0.1) is 25.5 Å². The van der Waals surface area contributed by atoms with Gasteiger partial charge in [-0.15, -0.1) is 0 Å². The molecule has 0 spiro atoms. The van der Waals surface area contributed by atoms with Crippen LogP contribution in [-0.4, -0.2) is 157 Å². The lowest BCUT2D eigenvalue weighted by Gasteiger charge is -2.28. The van der Waals surface area contributed by atoms with Gasteiger partial charge in [-0.05, 0) is 42.9 Å². The van der Waals surface area contributed by atoms with Gasteiger partial charge >= 0.3 is 17.9 Å². The van der Waals surface area contributed by atoms with E-state index in [2.05, 4.69) is 39.2 Å². The Morgan fingerprint density at radius 3 is 1.46 bits per heavy atom. The lowest BCUT2D eigenvalue weighted by atomic mass is 9.97. The smallest absolute Gasteiger partial charge is 0.328 e. The number of thiol groups is 1. The van der Waals surface area contributed by atoms with Crippen LogP contribution in [0.5, 0.6) is 5.75 Å². The molecule has 0 saturated carbocycles. The summed E-state index contributed by atoms with van der Waals surface area (Å²) in [7, 11) is 0. The number of hydrogen-bond acceptors (Lipinski definition) is 16. The lowest BCUT2D eigenvalue weighted by Crippen LogP contribution is -2.61. The summed E-state index contributed by atoms with van der Waals surface area (Å²) in [6.45, 7) is 2.23. The first kappa shape index (κ1) is 57.9. The molecule has 1 rings (SSSR count). The van der Waals surface area contributed by atoms with Crippen LogP contribution in [0, 0.1) is 5.92 Å². The predicted octanol–water partition coefficient (Wildman–Crippen LogP) is -5.81. The van der Waals surface area contributed by atoms with Crippen LogP contribution in [0.4, 0.5) is 0 Å². The molecule has 0 aromatic heterocycles. The first-order valence-corrected chi connectivity index (χ1v) is 21.1. The normalized spacial score (nSPS) is 14.9. The number of aliphatic hydroxyl groups excluding tert-OH is 1. The summed E-state index contributed by atoms with van der Waals surface area (Å²) in [5.41, 5.74) is 17.2. The summed E-state index contributed by atoms with van der Waals surface area (Å²) < 4.78 is 0. The zero-order valence-electron chi connectivity index (χ0n) is 36.4. The number of nitrogens with two attached hydrogens (primary N) is 3. The third-order valence-electron chi connectivity index (χ3n) is 9.78. The number of aromatic hydroxyl groups is 1. The van der Waals surface area contributed by atoms with E-state index in [1.807, 2.05) is 10.6 Å². The van der Waals surface area contributed by atoms with E-state index in [0.717, 1.165) is 0 Å². The van der Waals surface area contributed by atoms with Crippen molar-refractivity contribution in [2.24, 2.45) is 23.1 Å². The number of carboxylic acids is 3. The van der Waals surface area contributed by atoms with Crippen LogP contribution in [0.1, 0.15) is 64.4 Å². The van der Waals surface area contributed by atoms with Gasteiger partial charge in [-0.25, -0.2) is 4.79 Å². The van der Waals surface area contributed by atoms with E-state index in [0.29, 0.717) is 12.0 Å². The monoisotopic (exact) mass is 970 g/mol. The van der Waals surface area contributed by atoms with Gasteiger partial charge in [-0.2, -0.15) is 12.6 Å². The van der Waals surface area contributed by atoms with E-state index in [1.165, 1.54) is 12.1 Å². The summed E-state index contributed by atoms with van der Waals surface area (Å²) in [6, 6.07) is -7.66. The molecule has 28 heteroatoms. The molecule has 0 aliphatic heterocycles. The molecule has 9 atom stereocenters. The Morgan fingerprint density at radius 2 is 1.03 bits per heavy atom. The zero-order valence-corrected chi connectivity index (χ0v) is 37.3. The van der Waals surface area contributed by atoms with Gasteiger partial charge in [0, 0.05) is 18.6 Å². The third kappa shape index (κ3) is 21.2. The number of carbonyl (C=O) groups is 12. The maximum Gasteiger partial charge on any atom is 0.328 e. The van der Waals surface area contributed by atoms with Gasteiger partial charge in [-0.3, -0.25) is 52.7 Å². The number of nitrogens with one attached hydrogen (secondary N) is 7. The molecule has 0 heterocycles. The minimum Gasteiger partial charge on any atom is -0.508 e. The van der Waals surface area contributed by atoms with E-state index < -0.39 is 176 Å². The predicted molar refractivity (Wildman–Crippen MR) is 233 cm³/mol. The van der Waals surface area contributed by atoms with Crippen LogP contribution in [-0.2, 0) is 64.0 Å². The molecule has 0 fully saturated rings. The molecule has 9 amide bonds. The number of carboxylic acid groups (broad SMARTS) is 3. The number of hydrogen-bond donors (Lipinski definition) is 16.